The fraction of sp³-hybridized carbons (Fsp3) is 0.143. The van der Waals surface area contributed by atoms with Crippen LogP contribution in [-0.4, -0.2) is 25.0 Å². The Hall–Kier alpha value is -2.76. The molecule has 28 heavy (non-hydrogen) atoms. The largest absolute Gasteiger partial charge is 0.496 e. The maximum absolute atomic E-state index is 13.1. The first-order chi connectivity index (χ1) is 13.4. The van der Waals surface area contributed by atoms with E-state index in [4.69, 9.17) is 37.4 Å². The molecule has 7 heteroatoms. The van der Waals surface area contributed by atoms with Crippen LogP contribution in [0.3, 0.4) is 0 Å². The van der Waals surface area contributed by atoms with E-state index in [1.807, 2.05) is 0 Å². The first kappa shape index (κ1) is 20.0. The molecule has 5 nitrogen and oxygen atoms in total. The van der Waals surface area contributed by atoms with Crippen molar-refractivity contribution in [3.8, 4) is 23.1 Å². The minimum Gasteiger partial charge on any atom is -0.496 e. The number of carbonyl (C=O) groups excluding carboxylic acids is 1. The summed E-state index contributed by atoms with van der Waals surface area (Å²) in [6, 6.07) is 13.3. The van der Waals surface area contributed by atoms with E-state index in [1.165, 1.54) is 14.2 Å². The monoisotopic (exact) mass is 417 g/mol. The Morgan fingerprint density at radius 3 is 2.18 bits per heavy atom. The van der Waals surface area contributed by atoms with Crippen LogP contribution in [0.5, 0.6) is 23.1 Å². The fourth-order valence-corrected chi connectivity index (χ4v) is 3.00. The summed E-state index contributed by atoms with van der Waals surface area (Å²) in [6.07, 6.45) is 0. The zero-order chi connectivity index (χ0) is 20.3. The van der Waals surface area contributed by atoms with E-state index in [0.717, 1.165) is 0 Å². The van der Waals surface area contributed by atoms with Crippen molar-refractivity contribution in [2.75, 3.05) is 14.2 Å². The second kappa shape index (κ2) is 8.50. The summed E-state index contributed by atoms with van der Waals surface area (Å²) in [4.78, 5) is 17.4. The van der Waals surface area contributed by atoms with E-state index < -0.39 is 0 Å². The summed E-state index contributed by atoms with van der Waals surface area (Å²) in [5.74, 6) is 1.46. The number of pyridine rings is 1. The molecule has 1 heterocycles. The number of halogens is 2. The predicted octanol–water partition coefficient (Wildman–Crippen LogP) is 5.74. The number of carbonyl (C=O) groups is 1. The molecule has 0 radical (unpaired) electrons. The third-order valence-corrected chi connectivity index (χ3v) is 4.61. The maximum atomic E-state index is 13.1. The average molecular weight is 418 g/mol. The molecular formula is C21H17Cl2NO4. The van der Waals surface area contributed by atoms with Gasteiger partial charge in [0.05, 0.1) is 30.5 Å². The molecule has 3 rings (SSSR count). The van der Waals surface area contributed by atoms with E-state index in [9.17, 15) is 4.79 Å². The Balaban J connectivity index is 1.92. The highest BCUT2D eigenvalue weighted by Gasteiger charge is 2.20. The van der Waals surface area contributed by atoms with Gasteiger partial charge in [-0.05, 0) is 43.3 Å². The van der Waals surface area contributed by atoms with Crippen molar-refractivity contribution in [3.63, 3.8) is 0 Å². The second-order valence-corrected chi connectivity index (χ2v) is 6.70. The average Bonchev–Trinajstić information content (AvgIpc) is 2.69. The molecule has 1 aromatic heterocycles. The Bertz CT molecular complexity index is 1020. The molecule has 0 unspecified atom stereocenters. The molecule has 0 atom stereocenters. The van der Waals surface area contributed by atoms with Gasteiger partial charge < -0.3 is 14.2 Å². The van der Waals surface area contributed by atoms with E-state index in [-0.39, 0.29) is 5.78 Å². The van der Waals surface area contributed by atoms with Gasteiger partial charge in [0.1, 0.15) is 17.2 Å². The summed E-state index contributed by atoms with van der Waals surface area (Å²) in [7, 11) is 2.96. The van der Waals surface area contributed by atoms with E-state index in [0.29, 0.717) is 50.0 Å². The smallest absolute Gasteiger partial charge is 0.219 e. The molecular weight excluding hydrogens is 401 g/mol. The fourth-order valence-electron chi connectivity index (χ4n) is 2.64. The highest BCUT2D eigenvalue weighted by Crippen LogP contribution is 2.34. The predicted molar refractivity (Wildman–Crippen MR) is 108 cm³/mol. The summed E-state index contributed by atoms with van der Waals surface area (Å²) >= 11 is 12.0. The number of hydrogen-bond acceptors (Lipinski definition) is 5. The van der Waals surface area contributed by atoms with Gasteiger partial charge in [0.15, 0.2) is 5.78 Å². The molecule has 3 aromatic rings. The lowest BCUT2D eigenvalue weighted by Gasteiger charge is -2.13. The zero-order valence-electron chi connectivity index (χ0n) is 15.5. The molecule has 0 aliphatic carbocycles. The van der Waals surface area contributed by atoms with Gasteiger partial charge in [-0.3, -0.25) is 4.79 Å². The Labute approximate surface area is 172 Å². The standard InChI is InChI=1S/C21H17Cl2NO4/c1-12-15(8-9-20(24-12)28-14-6-4-13(22)5-7-14)21(25)16-10-19(27-3)17(23)11-18(16)26-2/h4-11H,1-3H3. The van der Waals surface area contributed by atoms with Gasteiger partial charge in [0.25, 0.3) is 0 Å². The molecule has 0 aliphatic rings. The normalized spacial score (nSPS) is 10.5. The summed E-state index contributed by atoms with van der Waals surface area (Å²) in [5.41, 5.74) is 1.28. The van der Waals surface area contributed by atoms with Crippen molar-refractivity contribution in [1.29, 1.82) is 0 Å². The van der Waals surface area contributed by atoms with Gasteiger partial charge in [-0.15, -0.1) is 0 Å². The number of aromatic nitrogens is 1. The first-order valence-corrected chi connectivity index (χ1v) is 9.05. The van der Waals surface area contributed by atoms with Crippen LogP contribution in [0, 0.1) is 6.92 Å². The van der Waals surface area contributed by atoms with Crippen molar-refractivity contribution < 1.29 is 19.0 Å². The van der Waals surface area contributed by atoms with Gasteiger partial charge in [0, 0.05) is 22.7 Å². The number of ketones is 1. The van der Waals surface area contributed by atoms with Gasteiger partial charge in [0.2, 0.25) is 5.88 Å². The number of ether oxygens (including phenoxy) is 3. The van der Waals surface area contributed by atoms with E-state index in [1.54, 1.807) is 55.5 Å². The van der Waals surface area contributed by atoms with Crippen LogP contribution in [0.2, 0.25) is 10.0 Å². The van der Waals surface area contributed by atoms with Crippen molar-refractivity contribution in [3.05, 3.63) is 75.4 Å². The molecule has 0 saturated heterocycles. The molecule has 0 aliphatic heterocycles. The minimum atomic E-state index is -0.255. The SMILES string of the molecule is COc1cc(C(=O)c2ccc(Oc3ccc(Cl)cc3)nc2C)c(OC)cc1Cl. The summed E-state index contributed by atoms with van der Waals surface area (Å²) in [5, 5.41) is 0.974. The van der Waals surface area contributed by atoms with Gasteiger partial charge in [-0.2, -0.15) is 0 Å². The zero-order valence-corrected chi connectivity index (χ0v) is 17.0. The number of hydrogen-bond donors (Lipinski definition) is 0. The second-order valence-electron chi connectivity index (χ2n) is 5.85. The molecule has 0 bridgehead atoms. The number of aryl methyl sites for hydroxylation is 1. The Morgan fingerprint density at radius 2 is 1.57 bits per heavy atom. The van der Waals surface area contributed by atoms with Gasteiger partial charge >= 0.3 is 0 Å². The topological polar surface area (TPSA) is 57.7 Å². The van der Waals surface area contributed by atoms with E-state index >= 15 is 0 Å². The molecule has 0 spiro atoms. The van der Waals surface area contributed by atoms with Crippen molar-refractivity contribution in [1.82, 2.24) is 4.98 Å². The van der Waals surface area contributed by atoms with Gasteiger partial charge in [-0.1, -0.05) is 23.2 Å². The lowest BCUT2D eigenvalue weighted by atomic mass is 10.0. The quantitative estimate of drug-likeness (QED) is 0.478. The molecule has 0 amide bonds. The van der Waals surface area contributed by atoms with Crippen molar-refractivity contribution in [2.45, 2.75) is 6.92 Å². The number of methoxy groups -OCH3 is 2. The third-order valence-electron chi connectivity index (χ3n) is 4.06. The van der Waals surface area contributed by atoms with Crippen LogP contribution in [-0.2, 0) is 0 Å². The Morgan fingerprint density at radius 1 is 0.893 bits per heavy atom. The Kier molecular flexibility index (Phi) is 6.07. The highest BCUT2D eigenvalue weighted by molar-refractivity contribution is 6.32. The first-order valence-electron chi connectivity index (χ1n) is 8.30. The third kappa shape index (κ3) is 4.21. The number of benzene rings is 2. The van der Waals surface area contributed by atoms with Gasteiger partial charge in [-0.25, -0.2) is 4.98 Å². The minimum absolute atomic E-state index is 0.255. The number of nitrogens with zero attached hydrogens (tertiary/aromatic N) is 1. The summed E-state index contributed by atoms with van der Waals surface area (Å²) < 4.78 is 16.2. The maximum Gasteiger partial charge on any atom is 0.219 e. The van der Waals surface area contributed by atoms with Crippen molar-refractivity contribution >= 4 is 29.0 Å². The number of rotatable bonds is 6. The van der Waals surface area contributed by atoms with Crippen LogP contribution in [0.15, 0.2) is 48.5 Å². The van der Waals surface area contributed by atoms with Crippen LogP contribution < -0.4 is 14.2 Å². The molecule has 0 fully saturated rings. The molecule has 144 valence electrons. The summed E-state index contributed by atoms with van der Waals surface area (Å²) in [6.45, 7) is 1.74. The highest BCUT2D eigenvalue weighted by atomic mass is 35.5. The van der Waals surface area contributed by atoms with Crippen LogP contribution in [0.25, 0.3) is 0 Å². The molecule has 0 N–H and O–H groups in total. The lowest BCUT2D eigenvalue weighted by Crippen LogP contribution is -2.08. The molecule has 0 saturated carbocycles. The van der Waals surface area contributed by atoms with E-state index in [2.05, 4.69) is 4.98 Å². The van der Waals surface area contributed by atoms with Crippen molar-refractivity contribution in [2.24, 2.45) is 0 Å². The lowest BCUT2D eigenvalue weighted by molar-refractivity contribution is 0.103. The van der Waals surface area contributed by atoms with Crippen LogP contribution >= 0.6 is 23.2 Å². The molecule has 2 aromatic carbocycles. The van der Waals surface area contributed by atoms with Crippen LogP contribution in [0.1, 0.15) is 21.6 Å². The van der Waals surface area contributed by atoms with Crippen LogP contribution in [0.4, 0.5) is 0 Å².